The van der Waals surface area contributed by atoms with Crippen LogP contribution >= 0.6 is 0 Å². The third kappa shape index (κ3) is 4.15. The second kappa shape index (κ2) is 8.29. The van der Waals surface area contributed by atoms with Crippen molar-refractivity contribution in [3.8, 4) is 12.1 Å². The minimum atomic E-state index is 0.666. The summed E-state index contributed by atoms with van der Waals surface area (Å²) in [6.07, 6.45) is 7.89. The Morgan fingerprint density at radius 3 is 1.27 bits per heavy atom. The summed E-state index contributed by atoms with van der Waals surface area (Å²) in [7, 11) is 0. The molecule has 0 aliphatic rings. The van der Waals surface area contributed by atoms with Gasteiger partial charge in [0.05, 0.1) is 23.3 Å². The minimum absolute atomic E-state index is 0.666. The Kier molecular flexibility index (Phi) is 5.41. The van der Waals surface area contributed by atoms with Gasteiger partial charge >= 0.3 is 0 Å². The van der Waals surface area contributed by atoms with E-state index in [4.69, 9.17) is 10.5 Å². The van der Waals surface area contributed by atoms with Gasteiger partial charge in [-0.1, -0.05) is 85.0 Å². The average molecular weight is 332 g/mol. The van der Waals surface area contributed by atoms with Crippen LogP contribution in [0.15, 0.2) is 72.8 Å². The highest BCUT2D eigenvalue weighted by Crippen LogP contribution is 2.15. The van der Waals surface area contributed by atoms with Crippen LogP contribution in [0.3, 0.4) is 0 Å². The average Bonchev–Trinajstić information content (AvgIpc) is 2.72. The molecule has 0 heterocycles. The van der Waals surface area contributed by atoms with Gasteiger partial charge in [0.15, 0.2) is 0 Å². The highest BCUT2D eigenvalue weighted by atomic mass is 14.2. The maximum atomic E-state index is 9.13. The summed E-state index contributed by atoms with van der Waals surface area (Å²) >= 11 is 0. The van der Waals surface area contributed by atoms with Crippen LogP contribution in [-0.2, 0) is 0 Å². The van der Waals surface area contributed by atoms with E-state index in [0.29, 0.717) is 11.1 Å². The topological polar surface area (TPSA) is 47.6 Å². The van der Waals surface area contributed by atoms with Gasteiger partial charge in [-0.25, -0.2) is 0 Å². The molecule has 0 radical (unpaired) electrons. The molecule has 0 unspecified atom stereocenters. The molecule has 0 aliphatic carbocycles. The van der Waals surface area contributed by atoms with Crippen molar-refractivity contribution in [2.75, 3.05) is 0 Å². The third-order valence-electron chi connectivity index (χ3n) is 4.01. The summed E-state index contributed by atoms with van der Waals surface area (Å²) in [6.45, 7) is 0. The molecule has 0 fully saturated rings. The number of nitriles is 2. The molecule has 0 saturated carbocycles. The van der Waals surface area contributed by atoms with Gasteiger partial charge in [0.2, 0.25) is 0 Å². The Hall–Kier alpha value is -3.88. The lowest BCUT2D eigenvalue weighted by Crippen LogP contribution is -1.81. The zero-order valence-corrected chi connectivity index (χ0v) is 14.1. The predicted octanol–water partition coefficient (Wildman–Crippen LogP) is 5.77. The summed E-state index contributed by atoms with van der Waals surface area (Å²) in [5.74, 6) is 0. The van der Waals surface area contributed by atoms with Crippen LogP contribution in [0.2, 0.25) is 0 Å². The quantitative estimate of drug-likeness (QED) is 0.569. The number of nitrogens with zero attached hydrogens (tertiary/aromatic N) is 2. The molecule has 122 valence electrons. The molecule has 0 saturated heterocycles. The molecular weight excluding hydrogens is 316 g/mol. The Balaban J connectivity index is 1.75. The fourth-order valence-corrected chi connectivity index (χ4v) is 2.58. The van der Waals surface area contributed by atoms with Gasteiger partial charge in [-0.2, -0.15) is 10.5 Å². The van der Waals surface area contributed by atoms with E-state index < -0.39 is 0 Å². The second-order valence-corrected chi connectivity index (χ2v) is 5.73. The Bertz CT molecular complexity index is 956. The molecule has 3 aromatic rings. The van der Waals surface area contributed by atoms with Crippen molar-refractivity contribution in [2.24, 2.45) is 0 Å². The Morgan fingerprint density at radius 1 is 0.500 bits per heavy atom. The van der Waals surface area contributed by atoms with Gasteiger partial charge in [0.1, 0.15) is 0 Å². The van der Waals surface area contributed by atoms with E-state index in [-0.39, 0.29) is 0 Å². The molecule has 0 bridgehead atoms. The van der Waals surface area contributed by atoms with Crippen molar-refractivity contribution in [1.82, 2.24) is 0 Å². The van der Waals surface area contributed by atoms with Crippen LogP contribution in [0.25, 0.3) is 24.3 Å². The summed E-state index contributed by atoms with van der Waals surface area (Å²) in [4.78, 5) is 0. The van der Waals surface area contributed by atoms with Gasteiger partial charge in [-0.3, -0.25) is 0 Å². The Morgan fingerprint density at radius 2 is 0.885 bits per heavy atom. The highest BCUT2D eigenvalue weighted by Gasteiger charge is 1.97. The first-order valence-electron chi connectivity index (χ1n) is 8.24. The molecule has 26 heavy (non-hydrogen) atoms. The number of benzene rings is 3. The summed E-state index contributed by atoms with van der Waals surface area (Å²) in [6, 6.07) is 27.6. The first kappa shape index (κ1) is 17.0. The summed E-state index contributed by atoms with van der Waals surface area (Å²) in [5, 5.41) is 18.3. The van der Waals surface area contributed by atoms with Gasteiger partial charge in [-0.15, -0.1) is 0 Å². The van der Waals surface area contributed by atoms with Crippen molar-refractivity contribution in [2.45, 2.75) is 0 Å². The second-order valence-electron chi connectivity index (χ2n) is 5.73. The van der Waals surface area contributed by atoms with E-state index in [1.807, 2.05) is 97.1 Å². The van der Waals surface area contributed by atoms with Crippen molar-refractivity contribution >= 4 is 24.3 Å². The molecule has 3 rings (SSSR count). The normalized spacial score (nSPS) is 10.7. The van der Waals surface area contributed by atoms with E-state index in [0.717, 1.165) is 22.3 Å². The maximum absolute atomic E-state index is 9.13. The molecule has 0 N–H and O–H groups in total. The van der Waals surface area contributed by atoms with Gasteiger partial charge < -0.3 is 0 Å². The van der Waals surface area contributed by atoms with Crippen molar-refractivity contribution in [1.29, 1.82) is 10.5 Å². The maximum Gasteiger partial charge on any atom is 0.0997 e. The van der Waals surface area contributed by atoms with Crippen LogP contribution in [0.5, 0.6) is 0 Å². The minimum Gasteiger partial charge on any atom is -0.192 e. The molecule has 2 nitrogen and oxygen atoms in total. The molecule has 2 heteroatoms. The molecule has 0 aromatic heterocycles. The first-order chi connectivity index (χ1) is 12.8. The lowest BCUT2D eigenvalue weighted by molar-refractivity contribution is 1.47. The zero-order chi connectivity index (χ0) is 18.2. The standard InChI is InChI=1S/C24H16N2/c25-17-23-7-3-1-5-21(23)15-13-19-9-11-20(12-10-19)14-16-22-6-2-4-8-24(22)18-26/h1-16H/b15-13-,16-14+. The highest BCUT2D eigenvalue weighted by molar-refractivity contribution is 5.75. The molecular formula is C24H16N2. The number of rotatable bonds is 4. The predicted molar refractivity (Wildman–Crippen MR) is 107 cm³/mol. The van der Waals surface area contributed by atoms with E-state index in [1.165, 1.54) is 0 Å². The monoisotopic (exact) mass is 332 g/mol. The Labute approximate surface area is 153 Å². The molecule has 0 amide bonds. The first-order valence-corrected chi connectivity index (χ1v) is 8.24. The fourth-order valence-electron chi connectivity index (χ4n) is 2.58. The fraction of sp³-hybridized carbons (Fsp3) is 0. The van der Waals surface area contributed by atoms with Crippen molar-refractivity contribution < 1.29 is 0 Å². The van der Waals surface area contributed by atoms with Gasteiger partial charge in [0, 0.05) is 0 Å². The lowest BCUT2D eigenvalue weighted by atomic mass is 10.0. The van der Waals surface area contributed by atoms with E-state index in [2.05, 4.69) is 12.1 Å². The van der Waals surface area contributed by atoms with E-state index in [1.54, 1.807) is 0 Å². The van der Waals surface area contributed by atoms with Gasteiger partial charge in [-0.05, 0) is 34.4 Å². The third-order valence-corrected chi connectivity index (χ3v) is 4.01. The SMILES string of the molecule is N#Cc1ccccc1/C=C\c1ccc(/C=C/c2ccccc2C#N)cc1. The number of hydrogen-bond acceptors (Lipinski definition) is 2. The van der Waals surface area contributed by atoms with Crippen LogP contribution in [0.4, 0.5) is 0 Å². The smallest absolute Gasteiger partial charge is 0.0997 e. The van der Waals surface area contributed by atoms with Crippen molar-refractivity contribution in [3.05, 3.63) is 106 Å². The molecule has 0 spiro atoms. The zero-order valence-electron chi connectivity index (χ0n) is 14.1. The summed E-state index contributed by atoms with van der Waals surface area (Å²) < 4.78 is 0. The van der Waals surface area contributed by atoms with E-state index in [9.17, 15) is 0 Å². The van der Waals surface area contributed by atoms with Crippen LogP contribution in [-0.4, -0.2) is 0 Å². The molecule has 0 aliphatic heterocycles. The van der Waals surface area contributed by atoms with Crippen molar-refractivity contribution in [3.63, 3.8) is 0 Å². The largest absolute Gasteiger partial charge is 0.192 e. The number of hydrogen-bond donors (Lipinski definition) is 0. The summed E-state index contributed by atoms with van der Waals surface area (Å²) in [5.41, 5.74) is 5.28. The van der Waals surface area contributed by atoms with Gasteiger partial charge in [0.25, 0.3) is 0 Å². The lowest BCUT2D eigenvalue weighted by Gasteiger charge is -1.99. The van der Waals surface area contributed by atoms with Crippen LogP contribution in [0, 0.1) is 22.7 Å². The van der Waals surface area contributed by atoms with Crippen LogP contribution in [0.1, 0.15) is 33.4 Å². The van der Waals surface area contributed by atoms with Crippen LogP contribution < -0.4 is 0 Å². The molecule has 3 aromatic carbocycles. The molecule has 0 atom stereocenters. The van der Waals surface area contributed by atoms with E-state index >= 15 is 0 Å².